The standard InChI is InChI=1S/C11H13Cl2N3O2/c1-2-16(6-10(14)15-18)11(17)8-5-7(12)3-4-9(8)13/h3-5,18H,2,6H2,1H3,(H2,14,15). The molecule has 1 aromatic rings. The third-order valence-corrected chi connectivity index (χ3v) is 2.87. The Bertz CT molecular complexity index is 477. The van der Waals surface area contributed by atoms with Crippen LogP contribution < -0.4 is 5.73 Å². The first-order valence-corrected chi connectivity index (χ1v) is 5.96. The number of nitrogens with two attached hydrogens (primary N) is 1. The van der Waals surface area contributed by atoms with Crippen LogP contribution in [0.15, 0.2) is 23.4 Å². The third-order valence-electron chi connectivity index (χ3n) is 2.31. The quantitative estimate of drug-likeness (QED) is 0.386. The van der Waals surface area contributed by atoms with Gasteiger partial charge in [0, 0.05) is 11.6 Å². The van der Waals surface area contributed by atoms with E-state index in [0.717, 1.165) is 0 Å². The Morgan fingerprint density at radius 1 is 1.50 bits per heavy atom. The number of carbonyl (C=O) groups excluding carboxylic acids is 1. The maximum Gasteiger partial charge on any atom is 0.255 e. The molecule has 0 fully saturated rings. The molecule has 18 heavy (non-hydrogen) atoms. The SMILES string of the molecule is CCN(CC(N)=NO)C(=O)c1cc(Cl)ccc1Cl. The van der Waals surface area contributed by atoms with Gasteiger partial charge in [-0.05, 0) is 25.1 Å². The molecule has 0 spiro atoms. The molecular weight excluding hydrogens is 277 g/mol. The Labute approximate surface area is 115 Å². The number of likely N-dealkylation sites (N-methyl/N-ethyl adjacent to an activating group) is 1. The van der Waals surface area contributed by atoms with Gasteiger partial charge in [0.25, 0.3) is 5.91 Å². The highest BCUT2D eigenvalue weighted by Crippen LogP contribution is 2.22. The average Bonchev–Trinajstić information content (AvgIpc) is 2.37. The van der Waals surface area contributed by atoms with E-state index in [0.29, 0.717) is 16.6 Å². The molecule has 1 amide bonds. The molecule has 0 saturated carbocycles. The number of carbonyl (C=O) groups is 1. The number of nitrogens with zero attached hydrogens (tertiary/aromatic N) is 2. The predicted octanol–water partition coefficient (Wildman–Crippen LogP) is 2.20. The van der Waals surface area contributed by atoms with Crippen molar-refractivity contribution in [2.45, 2.75) is 6.92 Å². The fourth-order valence-electron chi connectivity index (χ4n) is 1.39. The van der Waals surface area contributed by atoms with Gasteiger partial charge in [0.15, 0.2) is 5.84 Å². The second kappa shape index (κ2) is 6.47. The molecule has 0 radical (unpaired) electrons. The molecule has 98 valence electrons. The molecule has 0 bridgehead atoms. The van der Waals surface area contributed by atoms with Gasteiger partial charge in [-0.1, -0.05) is 28.4 Å². The van der Waals surface area contributed by atoms with Crippen molar-refractivity contribution in [2.24, 2.45) is 10.9 Å². The Hall–Kier alpha value is -1.46. The summed E-state index contributed by atoms with van der Waals surface area (Å²) in [6, 6.07) is 4.64. The lowest BCUT2D eigenvalue weighted by Crippen LogP contribution is -2.38. The summed E-state index contributed by atoms with van der Waals surface area (Å²) < 4.78 is 0. The smallest absolute Gasteiger partial charge is 0.255 e. The summed E-state index contributed by atoms with van der Waals surface area (Å²) in [7, 11) is 0. The van der Waals surface area contributed by atoms with E-state index in [1.807, 2.05) is 0 Å². The van der Waals surface area contributed by atoms with Crippen LogP contribution in [0, 0.1) is 0 Å². The fourth-order valence-corrected chi connectivity index (χ4v) is 1.76. The molecule has 0 atom stereocenters. The number of hydrogen-bond acceptors (Lipinski definition) is 3. The van der Waals surface area contributed by atoms with Gasteiger partial charge in [0.05, 0.1) is 17.1 Å². The van der Waals surface area contributed by atoms with Crippen LogP contribution >= 0.6 is 23.2 Å². The summed E-state index contributed by atoms with van der Waals surface area (Å²) in [6.07, 6.45) is 0. The van der Waals surface area contributed by atoms with Crippen LogP contribution in [0.5, 0.6) is 0 Å². The molecule has 0 saturated heterocycles. The van der Waals surface area contributed by atoms with Gasteiger partial charge in [-0.25, -0.2) is 0 Å². The van der Waals surface area contributed by atoms with Crippen molar-refractivity contribution < 1.29 is 10.0 Å². The molecule has 1 rings (SSSR count). The molecule has 3 N–H and O–H groups in total. The van der Waals surface area contributed by atoms with Gasteiger partial charge in [-0.15, -0.1) is 0 Å². The van der Waals surface area contributed by atoms with Gasteiger partial charge in [-0.2, -0.15) is 0 Å². The van der Waals surface area contributed by atoms with E-state index in [2.05, 4.69) is 5.16 Å². The van der Waals surface area contributed by atoms with E-state index >= 15 is 0 Å². The second-order valence-corrected chi connectivity index (χ2v) is 4.38. The van der Waals surface area contributed by atoms with Crippen LogP contribution in [0.25, 0.3) is 0 Å². The van der Waals surface area contributed by atoms with E-state index in [1.54, 1.807) is 19.1 Å². The summed E-state index contributed by atoms with van der Waals surface area (Å²) in [5, 5.41) is 12.1. The van der Waals surface area contributed by atoms with Crippen molar-refractivity contribution in [3.8, 4) is 0 Å². The lowest BCUT2D eigenvalue weighted by atomic mass is 10.2. The fraction of sp³-hybridized carbons (Fsp3) is 0.273. The predicted molar refractivity (Wildman–Crippen MR) is 71.4 cm³/mol. The van der Waals surface area contributed by atoms with Gasteiger partial charge >= 0.3 is 0 Å². The highest BCUT2D eigenvalue weighted by molar-refractivity contribution is 6.35. The van der Waals surface area contributed by atoms with Gasteiger partial charge in [-0.3, -0.25) is 4.79 Å². The van der Waals surface area contributed by atoms with E-state index in [1.165, 1.54) is 11.0 Å². The van der Waals surface area contributed by atoms with Crippen molar-refractivity contribution in [3.05, 3.63) is 33.8 Å². The first kappa shape index (κ1) is 14.6. The lowest BCUT2D eigenvalue weighted by molar-refractivity contribution is 0.0786. The summed E-state index contributed by atoms with van der Waals surface area (Å²) in [4.78, 5) is 13.6. The van der Waals surface area contributed by atoms with Crippen molar-refractivity contribution in [3.63, 3.8) is 0 Å². The maximum absolute atomic E-state index is 12.2. The minimum atomic E-state index is -0.323. The number of amides is 1. The van der Waals surface area contributed by atoms with Crippen LogP contribution in [-0.2, 0) is 0 Å². The molecule has 1 aromatic carbocycles. The largest absolute Gasteiger partial charge is 0.409 e. The zero-order valence-corrected chi connectivity index (χ0v) is 11.2. The van der Waals surface area contributed by atoms with E-state index in [4.69, 9.17) is 34.1 Å². The number of amidine groups is 1. The molecule has 7 heteroatoms. The van der Waals surface area contributed by atoms with Crippen molar-refractivity contribution in [1.29, 1.82) is 0 Å². The number of oxime groups is 1. The number of rotatable bonds is 4. The minimum absolute atomic E-state index is 0.0225. The molecule has 0 aliphatic heterocycles. The van der Waals surface area contributed by atoms with Crippen LogP contribution in [0.3, 0.4) is 0 Å². The monoisotopic (exact) mass is 289 g/mol. The van der Waals surface area contributed by atoms with Crippen LogP contribution in [0.4, 0.5) is 0 Å². The third kappa shape index (κ3) is 3.51. The van der Waals surface area contributed by atoms with Gasteiger partial charge < -0.3 is 15.8 Å². The highest BCUT2D eigenvalue weighted by Gasteiger charge is 2.18. The average molecular weight is 290 g/mol. The molecule has 0 aliphatic rings. The Kier molecular flexibility index (Phi) is 5.25. The topological polar surface area (TPSA) is 78.9 Å². The lowest BCUT2D eigenvalue weighted by Gasteiger charge is -2.20. The highest BCUT2D eigenvalue weighted by atomic mass is 35.5. The van der Waals surface area contributed by atoms with Crippen molar-refractivity contribution in [2.75, 3.05) is 13.1 Å². The minimum Gasteiger partial charge on any atom is -0.409 e. The molecular formula is C11H13Cl2N3O2. The summed E-state index contributed by atoms with van der Waals surface area (Å²) >= 11 is 11.8. The first-order valence-electron chi connectivity index (χ1n) is 5.20. The Morgan fingerprint density at radius 2 is 2.17 bits per heavy atom. The van der Waals surface area contributed by atoms with Gasteiger partial charge in [0.1, 0.15) is 0 Å². The van der Waals surface area contributed by atoms with Crippen molar-refractivity contribution >= 4 is 34.9 Å². The first-order chi connectivity index (χ1) is 8.49. The van der Waals surface area contributed by atoms with Crippen LogP contribution in [-0.4, -0.2) is 34.9 Å². The number of hydrogen-bond donors (Lipinski definition) is 2. The molecule has 5 nitrogen and oxygen atoms in total. The van der Waals surface area contributed by atoms with E-state index < -0.39 is 0 Å². The number of benzene rings is 1. The van der Waals surface area contributed by atoms with Gasteiger partial charge in [0.2, 0.25) is 0 Å². The number of halogens is 2. The van der Waals surface area contributed by atoms with Crippen LogP contribution in [0.1, 0.15) is 17.3 Å². The normalized spacial score (nSPS) is 11.4. The zero-order chi connectivity index (χ0) is 13.7. The van der Waals surface area contributed by atoms with Crippen LogP contribution in [0.2, 0.25) is 10.0 Å². The molecule has 0 aliphatic carbocycles. The Morgan fingerprint density at radius 3 is 2.72 bits per heavy atom. The Balaban J connectivity index is 3.00. The molecule has 0 heterocycles. The van der Waals surface area contributed by atoms with Crippen molar-refractivity contribution in [1.82, 2.24) is 4.90 Å². The maximum atomic E-state index is 12.2. The van der Waals surface area contributed by atoms with E-state index in [9.17, 15) is 4.79 Å². The summed E-state index contributed by atoms with van der Waals surface area (Å²) in [5.41, 5.74) is 5.67. The molecule has 0 aromatic heterocycles. The van der Waals surface area contributed by atoms with E-state index in [-0.39, 0.29) is 23.9 Å². The zero-order valence-electron chi connectivity index (χ0n) is 9.73. The second-order valence-electron chi connectivity index (χ2n) is 3.53. The molecule has 0 unspecified atom stereocenters. The summed E-state index contributed by atoms with van der Waals surface area (Å²) in [6.45, 7) is 2.20. The summed E-state index contributed by atoms with van der Waals surface area (Å²) in [5.74, 6) is -0.375.